The Balaban J connectivity index is 1.58. The second-order valence-electron chi connectivity index (χ2n) is 6.42. The Morgan fingerprint density at radius 1 is 1.24 bits per heavy atom. The standard InChI is InChI=1S/C17H17N5O6S/c23-5-12-14(24)15(25)17(28-12)21-8-20-13-11(18-7-19-16(13)21)6-29-10-3-1-2-9(4-10)22(26)27/h1-4,7-8,12,14-15,17,23-25H,5-6H2/t12-,14-,15-,17-/m1/s1. The highest BCUT2D eigenvalue weighted by Crippen LogP contribution is 2.32. The highest BCUT2D eigenvalue weighted by atomic mass is 32.2. The van der Waals surface area contributed by atoms with Gasteiger partial charge in [-0.15, -0.1) is 11.8 Å². The summed E-state index contributed by atoms with van der Waals surface area (Å²) >= 11 is 1.37. The third-order valence-electron chi connectivity index (χ3n) is 4.63. The number of rotatable bonds is 6. The van der Waals surface area contributed by atoms with E-state index in [0.29, 0.717) is 27.5 Å². The second-order valence-corrected chi connectivity index (χ2v) is 7.47. The molecule has 12 heteroatoms. The number of non-ortho nitro benzene ring substituents is 1. The fourth-order valence-electron chi connectivity index (χ4n) is 3.14. The van der Waals surface area contributed by atoms with E-state index in [4.69, 9.17) is 4.74 Å². The van der Waals surface area contributed by atoms with Crippen molar-refractivity contribution in [1.82, 2.24) is 19.5 Å². The Morgan fingerprint density at radius 3 is 2.79 bits per heavy atom. The van der Waals surface area contributed by atoms with Gasteiger partial charge in [-0.05, 0) is 6.07 Å². The molecule has 152 valence electrons. The fraction of sp³-hybridized carbons (Fsp3) is 0.353. The summed E-state index contributed by atoms with van der Waals surface area (Å²) < 4.78 is 7.02. The van der Waals surface area contributed by atoms with Crippen LogP contribution in [-0.4, -0.2) is 64.7 Å². The van der Waals surface area contributed by atoms with Crippen molar-refractivity contribution >= 4 is 28.6 Å². The lowest BCUT2D eigenvalue weighted by molar-refractivity contribution is -0.385. The molecule has 2 aromatic heterocycles. The number of nitro groups is 1. The predicted molar refractivity (Wildman–Crippen MR) is 101 cm³/mol. The molecular weight excluding hydrogens is 402 g/mol. The van der Waals surface area contributed by atoms with Gasteiger partial charge < -0.3 is 20.1 Å². The number of aliphatic hydroxyl groups excluding tert-OH is 3. The maximum atomic E-state index is 10.9. The number of nitrogens with zero attached hydrogens (tertiary/aromatic N) is 5. The van der Waals surface area contributed by atoms with Crippen LogP contribution in [0.5, 0.6) is 0 Å². The van der Waals surface area contributed by atoms with Gasteiger partial charge in [-0.3, -0.25) is 14.7 Å². The third kappa shape index (κ3) is 3.68. The number of thioether (sulfide) groups is 1. The van der Waals surface area contributed by atoms with E-state index in [1.165, 1.54) is 41.1 Å². The zero-order valence-electron chi connectivity index (χ0n) is 14.9. The summed E-state index contributed by atoms with van der Waals surface area (Å²) in [5.41, 5.74) is 1.51. The Kier molecular flexibility index (Phi) is 5.43. The van der Waals surface area contributed by atoms with Crippen molar-refractivity contribution in [3.8, 4) is 0 Å². The van der Waals surface area contributed by atoms with Gasteiger partial charge in [0.2, 0.25) is 0 Å². The second kappa shape index (κ2) is 8.00. The number of imidazole rings is 1. The number of nitro benzene ring substituents is 1. The molecule has 1 aliphatic heterocycles. The van der Waals surface area contributed by atoms with E-state index >= 15 is 0 Å². The van der Waals surface area contributed by atoms with E-state index in [-0.39, 0.29) is 5.69 Å². The zero-order chi connectivity index (χ0) is 20.5. The molecule has 4 atom stereocenters. The molecule has 0 amide bonds. The summed E-state index contributed by atoms with van der Waals surface area (Å²) in [5.74, 6) is 0.396. The third-order valence-corrected chi connectivity index (χ3v) is 5.63. The quantitative estimate of drug-likeness (QED) is 0.294. The minimum atomic E-state index is -1.25. The van der Waals surface area contributed by atoms with Gasteiger partial charge in [0.15, 0.2) is 11.9 Å². The van der Waals surface area contributed by atoms with Gasteiger partial charge in [0.25, 0.3) is 5.69 Å². The Bertz CT molecular complexity index is 1050. The van der Waals surface area contributed by atoms with Crippen LogP contribution in [0, 0.1) is 10.1 Å². The van der Waals surface area contributed by atoms with Crippen molar-refractivity contribution in [3.63, 3.8) is 0 Å². The van der Waals surface area contributed by atoms with E-state index in [1.54, 1.807) is 12.1 Å². The van der Waals surface area contributed by atoms with Crippen LogP contribution in [0.15, 0.2) is 41.8 Å². The predicted octanol–water partition coefficient (Wildman–Crippen LogP) is 0.638. The van der Waals surface area contributed by atoms with Crippen molar-refractivity contribution < 1.29 is 25.0 Å². The van der Waals surface area contributed by atoms with Crippen molar-refractivity contribution in [2.45, 2.75) is 35.2 Å². The van der Waals surface area contributed by atoms with Crippen molar-refractivity contribution in [3.05, 3.63) is 52.7 Å². The van der Waals surface area contributed by atoms with Crippen LogP contribution in [0.25, 0.3) is 11.2 Å². The first-order valence-corrected chi connectivity index (χ1v) is 9.64. The van der Waals surface area contributed by atoms with Crippen LogP contribution in [0.2, 0.25) is 0 Å². The van der Waals surface area contributed by atoms with Crippen LogP contribution >= 0.6 is 11.8 Å². The topological polar surface area (TPSA) is 157 Å². The molecule has 11 nitrogen and oxygen atoms in total. The number of ether oxygens (including phenoxy) is 1. The Morgan fingerprint density at radius 2 is 2.07 bits per heavy atom. The van der Waals surface area contributed by atoms with Gasteiger partial charge in [-0.1, -0.05) is 6.07 Å². The average molecular weight is 419 g/mol. The molecule has 29 heavy (non-hydrogen) atoms. The monoisotopic (exact) mass is 419 g/mol. The molecule has 3 N–H and O–H groups in total. The summed E-state index contributed by atoms with van der Waals surface area (Å²) in [5, 5.41) is 40.4. The smallest absolute Gasteiger partial charge is 0.270 e. The van der Waals surface area contributed by atoms with E-state index in [0.717, 1.165) is 0 Å². The number of fused-ring (bicyclic) bond motifs is 1. The van der Waals surface area contributed by atoms with Crippen LogP contribution in [0.1, 0.15) is 11.9 Å². The zero-order valence-corrected chi connectivity index (χ0v) is 15.7. The number of hydrogen-bond donors (Lipinski definition) is 3. The average Bonchev–Trinajstić information content (AvgIpc) is 3.28. The number of aromatic nitrogens is 4. The van der Waals surface area contributed by atoms with Gasteiger partial charge in [-0.25, -0.2) is 15.0 Å². The molecule has 0 radical (unpaired) electrons. The maximum absolute atomic E-state index is 10.9. The minimum absolute atomic E-state index is 0.0106. The number of benzene rings is 1. The summed E-state index contributed by atoms with van der Waals surface area (Å²) in [6.45, 7) is -0.429. The van der Waals surface area contributed by atoms with Gasteiger partial charge in [0.05, 0.1) is 23.6 Å². The van der Waals surface area contributed by atoms with Crippen molar-refractivity contribution in [2.75, 3.05) is 6.61 Å². The van der Waals surface area contributed by atoms with Gasteiger partial charge in [-0.2, -0.15) is 0 Å². The van der Waals surface area contributed by atoms with Crippen molar-refractivity contribution in [1.29, 1.82) is 0 Å². The first kappa shape index (κ1) is 19.7. The van der Waals surface area contributed by atoms with Crippen LogP contribution < -0.4 is 0 Å². The first-order chi connectivity index (χ1) is 14.0. The summed E-state index contributed by atoms with van der Waals surface area (Å²) in [6.07, 6.45) is -1.54. The van der Waals surface area contributed by atoms with E-state index in [2.05, 4.69) is 15.0 Å². The maximum Gasteiger partial charge on any atom is 0.270 e. The van der Waals surface area contributed by atoms with Gasteiger partial charge in [0.1, 0.15) is 30.2 Å². The Labute approximate surface area is 168 Å². The lowest BCUT2D eigenvalue weighted by Crippen LogP contribution is -2.33. The molecule has 3 heterocycles. The summed E-state index contributed by atoms with van der Waals surface area (Å²) in [4.78, 5) is 24.0. The fourth-order valence-corrected chi connectivity index (χ4v) is 4.03. The largest absolute Gasteiger partial charge is 0.394 e. The molecule has 0 unspecified atom stereocenters. The van der Waals surface area contributed by atoms with Crippen LogP contribution in [0.4, 0.5) is 5.69 Å². The molecule has 0 spiro atoms. The molecule has 1 aliphatic rings. The lowest BCUT2D eigenvalue weighted by Gasteiger charge is -2.16. The van der Waals surface area contributed by atoms with E-state index in [9.17, 15) is 25.4 Å². The summed E-state index contributed by atoms with van der Waals surface area (Å²) in [7, 11) is 0. The molecule has 0 aliphatic carbocycles. The number of hydrogen-bond acceptors (Lipinski definition) is 10. The van der Waals surface area contributed by atoms with E-state index < -0.39 is 36.1 Å². The van der Waals surface area contributed by atoms with Gasteiger partial charge in [0, 0.05) is 22.8 Å². The normalized spacial score (nSPS) is 24.2. The molecule has 1 aromatic carbocycles. The number of aliphatic hydroxyl groups is 3. The highest BCUT2D eigenvalue weighted by Gasteiger charge is 2.44. The molecule has 0 saturated carbocycles. The lowest BCUT2D eigenvalue weighted by atomic mass is 10.1. The summed E-state index contributed by atoms with van der Waals surface area (Å²) in [6, 6.07) is 6.30. The molecular formula is C17H17N5O6S. The van der Waals surface area contributed by atoms with Crippen molar-refractivity contribution in [2.24, 2.45) is 0 Å². The first-order valence-electron chi connectivity index (χ1n) is 8.65. The molecule has 1 saturated heterocycles. The minimum Gasteiger partial charge on any atom is -0.394 e. The molecule has 1 fully saturated rings. The van der Waals surface area contributed by atoms with Crippen LogP contribution in [-0.2, 0) is 10.5 Å². The Hall–Kier alpha value is -2.64. The SMILES string of the molecule is O=[N+]([O-])c1cccc(SCc2ncnc3c2ncn3[C@@H]2O[C@H](CO)[C@@H](O)[C@H]2O)c1. The molecule has 3 aromatic rings. The highest BCUT2D eigenvalue weighted by molar-refractivity contribution is 7.98. The van der Waals surface area contributed by atoms with E-state index in [1.807, 2.05) is 0 Å². The molecule has 4 rings (SSSR count). The molecule has 0 bridgehead atoms. The van der Waals surface area contributed by atoms with Crippen LogP contribution in [0.3, 0.4) is 0 Å². The van der Waals surface area contributed by atoms with Gasteiger partial charge >= 0.3 is 0 Å².